The molecule has 0 aromatic heterocycles. The van der Waals surface area contributed by atoms with Gasteiger partial charge < -0.3 is 24.4 Å². The highest BCUT2D eigenvalue weighted by molar-refractivity contribution is 6.02. The summed E-state index contributed by atoms with van der Waals surface area (Å²) in [4.78, 5) is 38.3. The largest absolute Gasteiger partial charge is 0.493 e. The van der Waals surface area contributed by atoms with Crippen LogP contribution < -0.4 is 19.5 Å². The van der Waals surface area contributed by atoms with Crippen LogP contribution in [0, 0.1) is 0 Å². The first-order valence-corrected chi connectivity index (χ1v) is 8.35. The first kappa shape index (κ1) is 18.6. The van der Waals surface area contributed by atoms with Gasteiger partial charge in [-0.15, -0.1) is 0 Å². The normalized spacial score (nSPS) is 17.1. The van der Waals surface area contributed by atoms with E-state index < -0.39 is 6.03 Å². The highest BCUT2D eigenvalue weighted by atomic mass is 16.5. The van der Waals surface area contributed by atoms with Crippen LogP contribution in [0.2, 0.25) is 0 Å². The quantitative estimate of drug-likeness (QED) is 0.574. The van der Waals surface area contributed by atoms with Gasteiger partial charge in [-0.2, -0.15) is 0 Å². The molecule has 0 radical (unpaired) electrons. The van der Waals surface area contributed by atoms with Crippen LogP contribution in [-0.2, 0) is 9.59 Å². The van der Waals surface area contributed by atoms with E-state index in [0.29, 0.717) is 35.9 Å². The molecule has 0 unspecified atom stereocenters. The van der Waals surface area contributed by atoms with E-state index >= 15 is 0 Å². The minimum absolute atomic E-state index is 0.0182. The number of carbonyl (C=O) groups is 3. The third-order valence-corrected chi connectivity index (χ3v) is 4.52. The van der Waals surface area contributed by atoms with Gasteiger partial charge in [0.05, 0.1) is 33.9 Å². The number of nitrogens with one attached hydrogen (secondary N) is 1. The number of nitrogens with zero attached hydrogens (tertiary/aromatic N) is 2. The predicted molar refractivity (Wildman–Crippen MR) is 95.7 cm³/mol. The summed E-state index contributed by atoms with van der Waals surface area (Å²) in [5.74, 6) is 0.998. The number of imide groups is 1. The molecule has 2 fully saturated rings. The maximum atomic E-state index is 12.3. The minimum atomic E-state index is -0.398. The molecule has 3 rings (SSSR count). The number of amides is 4. The van der Waals surface area contributed by atoms with E-state index in [1.54, 1.807) is 23.1 Å². The number of urea groups is 1. The zero-order valence-electron chi connectivity index (χ0n) is 15.4. The summed E-state index contributed by atoms with van der Waals surface area (Å²) in [6.07, 6.45) is 3.08. The lowest BCUT2D eigenvalue weighted by atomic mass is 10.1. The van der Waals surface area contributed by atoms with E-state index in [0.717, 1.165) is 0 Å². The van der Waals surface area contributed by atoms with E-state index in [2.05, 4.69) is 5.32 Å². The molecule has 1 aromatic rings. The molecule has 1 aromatic carbocycles. The molecular weight excluding hydrogens is 354 g/mol. The maximum Gasteiger partial charge on any atom is 0.324 e. The van der Waals surface area contributed by atoms with Crippen LogP contribution in [0.1, 0.15) is 5.56 Å². The lowest BCUT2D eigenvalue weighted by Gasteiger charge is -2.41. The molecule has 2 aliphatic heterocycles. The summed E-state index contributed by atoms with van der Waals surface area (Å²) in [5, 5.41) is 2.48. The fraction of sp³-hybridized carbons (Fsp3) is 0.389. The second-order valence-corrected chi connectivity index (χ2v) is 6.11. The molecule has 27 heavy (non-hydrogen) atoms. The van der Waals surface area contributed by atoms with E-state index in [-0.39, 0.29) is 24.4 Å². The van der Waals surface area contributed by atoms with Gasteiger partial charge in [-0.25, -0.2) is 4.79 Å². The number of rotatable bonds is 6. The molecule has 0 spiro atoms. The third kappa shape index (κ3) is 3.53. The number of hydrogen-bond acceptors (Lipinski definition) is 6. The fourth-order valence-corrected chi connectivity index (χ4v) is 3.07. The Morgan fingerprint density at radius 2 is 1.74 bits per heavy atom. The van der Waals surface area contributed by atoms with Gasteiger partial charge in [-0.1, -0.05) is 0 Å². The number of likely N-dealkylation sites (tertiary alicyclic amines) is 1. The molecule has 144 valence electrons. The van der Waals surface area contributed by atoms with Gasteiger partial charge >= 0.3 is 6.03 Å². The Bertz CT molecular complexity index is 759. The number of carbonyl (C=O) groups excluding carboxylic acids is 3. The summed E-state index contributed by atoms with van der Waals surface area (Å²) < 4.78 is 15.8. The number of methoxy groups -OCH3 is 3. The first-order chi connectivity index (χ1) is 13.0. The molecule has 2 heterocycles. The highest BCUT2D eigenvalue weighted by Crippen LogP contribution is 2.38. The van der Waals surface area contributed by atoms with Gasteiger partial charge in [0.15, 0.2) is 11.5 Å². The maximum absolute atomic E-state index is 12.3. The Labute approximate surface area is 156 Å². The summed E-state index contributed by atoms with van der Waals surface area (Å²) in [7, 11) is 4.56. The molecule has 0 saturated carbocycles. The number of ether oxygens (including phenoxy) is 3. The summed E-state index contributed by atoms with van der Waals surface area (Å²) >= 11 is 0. The Morgan fingerprint density at radius 1 is 1.11 bits per heavy atom. The smallest absolute Gasteiger partial charge is 0.324 e. The molecular formula is C18H21N3O6. The SMILES string of the molecule is COc1cc(/C=C/C(=O)N2CC(N3C(=O)CNC3=O)C2)cc(OC)c1OC. The van der Waals surface area contributed by atoms with E-state index in [1.165, 1.54) is 32.3 Å². The third-order valence-electron chi connectivity index (χ3n) is 4.52. The minimum Gasteiger partial charge on any atom is -0.493 e. The zero-order valence-corrected chi connectivity index (χ0v) is 15.4. The molecule has 2 aliphatic rings. The van der Waals surface area contributed by atoms with Crippen molar-refractivity contribution in [3.8, 4) is 17.2 Å². The van der Waals surface area contributed by atoms with Gasteiger partial charge in [0.25, 0.3) is 0 Å². The standard InChI is InChI=1S/C18H21N3O6/c1-25-13-6-11(7-14(26-2)17(13)27-3)4-5-15(22)20-9-12(10-20)21-16(23)8-19-18(21)24/h4-7,12H,8-10H2,1-3H3,(H,19,24)/b5-4+. The van der Waals surface area contributed by atoms with Crippen molar-refractivity contribution >= 4 is 23.9 Å². The predicted octanol–water partition coefficient (Wildman–Crippen LogP) is 0.488. The van der Waals surface area contributed by atoms with Crippen molar-refractivity contribution in [3.63, 3.8) is 0 Å². The van der Waals surface area contributed by atoms with Gasteiger partial charge in [-0.3, -0.25) is 14.5 Å². The van der Waals surface area contributed by atoms with Crippen LogP contribution in [0.3, 0.4) is 0 Å². The summed E-state index contributed by atoms with van der Waals surface area (Å²) in [6.45, 7) is 0.680. The van der Waals surface area contributed by atoms with Crippen LogP contribution in [-0.4, -0.2) is 74.7 Å². The molecule has 0 aliphatic carbocycles. The zero-order chi connectivity index (χ0) is 19.6. The summed E-state index contributed by atoms with van der Waals surface area (Å²) in [6, 6.07) is 2.80. The van der Waals surface area contributed by atoms with Crippen molar-refractivity contribution in [2.24, 2.45) is 0 Å². The second-order valence-electron chi connectivity index (χ2n) is 6.11. The van der Waals surface area contributed by atoms with Crippen LogP contribution >= 0.6 is 0 Å². The molecule has 1 N–H and O–H groups in total. The topological polar surface area (TPSA) is 97.4 Å². The Hall–Kier alpha value is -3.23. The molecule has 9 nitrogen and oxygen atoms in total. The van der Waals surface area contributed by atoms with Crippen molar-refractivity contribution in [2.75, 3.05) is 41.0 Å². The number of benzene rings is 1. The van der Waals surface area contributed by atoms with Crippen molar-refractivity contribution < 1.29 is 28.6 Å². The Balaban J connectivity index is 1.64. The monoisotopic (exact) mass is 375 g/mol. The molecule has 2 saturated heterocycles. The van der Waals surface area contributed by atoms with Gasteiger partial charge in [0.2, 0.25) is 17.6 Å². The second kappa shape index (κ2) is 7.56. The highest BCUT2D eigenvalue weighted by Gasteiger charge is 2.42. The first-order valence-electron chi connectivity index (χ1n) is 8.35. The van der Waals surface area contributed by atoms with E-state index in [4.69, 9.17) is 14.2 Å². The average molecular weight is 375 g/mol. The van der Waals surface area contributed by atoms with Crippen molar-refractivity contribution in [2.45, 2.75) is 6.04 Å². The van der Waals surface area contributed by atoms with Crippen LogP contribution in [0.25, 0.3) is 6.08 Å². The summed E-state index contributed by atoms with van der Waals surface area (Å²) in [5.41, 5.74) is 0.712. The Morgan fingerprint density at radius 3 is 2.22 bits per heavy atom. The fourth-order valence-electron chi connectivity index (χ4n) is 3.07. The van der Waals surface area contributed by atoms with Crippen LogP contribution in [0.5, 0.6) is 17.2 Å². The van der Waals surface area contributed by atoms with Crippen molar-refractivity contribution in [1.82, 2.24) is 15.1 Å². The van der Waals surface area contributed by atoms with Gasteiger partial charge in [0.1, 0.15) is 0 Å². The van der Waals surface area contributed by atoms with E-state index in [9.17, 15) is 14.4 Å². The van der Waals surface area contributed by atoms with Crippen LogP contribution in [0.15, 0.2) is 18.2 Å². The lowest BCUT2D eigenvalue weighted by molar-refractivity contribution is -0.138. The van der Waals surface area contributed by atoms with Crippen molar-refractivity contribution in [1.29, 1.82) is 0 Å². The molecule has 9 heteroatoms. The molecule has 4 amide bonds. The van der Waals surface area contributed by atoms with E-state index in [1.807, 2.05) is 0 Å². The van der Waals surface area contributed by atoms with Gasteiger partial charge in [-0.05, 0) is 23.8 Å². The lowest BCUT2D eigenvalue weighted by Crippen LogP contribution is -2.62. The average Bonchev–Trinajstić information content (AvgIpc) is 2.96. The van der Waals surface area contributed by atoms with Gasteiger partial charge in [0, 0.05) is 19.2 Å². The van der Waals surface area contributed by atoms with Crippen molar-refractivity contribution in [3.05, 3.63) is 23.8 Å². The molecule has 0 atom stereocenters. The van der Waals surface area contributed by atoms with Crippen LogP contribution in [0.4, 0.5) is 4.79 Å². The Kier molecular flexibility index (Phi) is 5.20. The number of hydrogen-bond donors (Lipinski definition) is 1. The molecule has 0 bridgehead atoms.